The minimum absolute atomic E-state index is 0.206. The van der Waals surface area contributed by atoms with E-state index in [0.29, 0.717) is 23.9 Å². The third kappa shape index (κ3) is 2.83. The van der Waals surface area contributed by atoms with E-state index >= 15 is 0 Å². The van der Waals surface area contributed by atoms with Crippen LogP contribution in [-0.2, 0) is 6.54 Å². The first-order valence-electron chi connectivity index (χ1n) is 6.84. The van der Waals surface area contributed by atoms with Crippen LogP contribution in [0.2, 0.25) is 5.28 Å². The number of nitrogens with one attached hydrogen (secondary N) is 1. The molecule has 0 aliphatic heterocycles. The number of nitrogens with zero attached hydrogens (tertiary/aromatic N) is 4. The summed E-state index contributed by atoms with van der Waals surface area (Å²) < 4.78 is 1.76. The van der Waals surface area contributed by atoms with Crippen molar-refractivity contribution in [2.75, 3.05) is 5.32 Å². The quantitative estimate of drug-likeness (QED) is 0.801. The Balaban J connectivity index is 1.95. The normalized spacial score (nSPS) is 11.2. The van der Waals surface area contributed by atoms with E-state index in [2.05, 4.69) is 46.4 Å². The van der Waals surface area contributed by atoms with Gasteiger partial charge in [-0.2, -0.15) is 4.98 Å². The summed E-state index contributed by atoms with van der Waals surface area (Å²) in [4.78, 5) is 8.66. The number of halogens is 1. The van der Waals surface area contributed by atoms with Crippen LogP contribution in [0.5, 0.6) is 0 Å². The maximum absolute atomic E-state index is 6.03. The van der Waals surface area contributed by atoms with Gasteiger partial charge in [-0.05, 0) is 23.1 Å². The Labute approximate surface area is 128 Å². The van der Waals surface area contributed by atoms with Crippen molar-refractivity contribution in [1.29, 1.82) is 0 Å². The second kappa shape index (κ2) is 5.69. The highest BCUT2D eigenvalue weighted by molar-refractivity contribution is 6.28. The first-order valence-corrected chi connectivity index (χ1v) is 7.22. The first kappa shape index (κ1) is 13.8. The van der Waals surface area contributed by atoms with Crippen LogP contribution in [0.15, 0.2) is 36.5 Å². The molecule has 0 amide bonds. The summed E-state index contributed by atoms with van der Waals surface area (Å²) >= 11 is 6.03. The van der Waals surface area contributed by atoms with Crippen LogP contribution in [0, 0.1) is 0 Å². The molecule has 0 saturated heterocycles. The Morgan fingerprint density at radius 3 is 2.71 bits per heavy atom. The van der Waals surface area contributed by atoms with Gasteiger partial charge in [-0.3, -0.25) is 0 Å². The summed E-state index contributed by atoms with van der Waals surface area (Å²) in [7, 11) is 0. The number of benzene rings is 1. The predicted molar refractivity (Wildman–Crippen MR) is 83.6 cm³/mol. The molecule has 3 aromatic rings. The smallest absolute Gasteiger partial charge is 0.243 e. The molecule has 21 heavy (non-hydrogen) atoms. The number of rotatable bonds is 4. The van der Waals surface area contributed by atoms with Crippen molar-refractivity contribution in [2.45, 2.75) is 26.3 Å². The monoisotopic (exact) mass is 301 g/mol. The minimum Gasteiger partial charge on any atom is -0.363 e. The molecule has 2 aromatic heterocycles. The molecule has 0 aliphatic rings. The van der Waals surface area contributed by atoms with Crippen molar-refractivity contribution in [3.05, 3.63) is 53.1 Å². The Morgan fingerprint density at radius 2 is 2.00 bits per heavy atom. The fraction of sp³-hybridized carbons (Fsp3) is 0.267. The number of anilines is 1. The van der Waals surface area contributed by atoms with Gasteiger partial charge in [0, 0.05) is 6.54 Å². The van der Waals surface area contributed by atoms with Crippen LogP contribution in [0.3, 0.4) is 0 Å². The van der Waals surface area contributed by atoms with E-state index in [4.69, 9.17) is 11.6 Å². The molecule has 0 aliphatic carbocycles. The summed E-state index contributed by atoms with van der Waals surface area (Å²) in [5, 5.41) is 7.73. The summed E-state index contributed by atoms with van der Waals surface area (Å²) in [5.74, 6) is 0.957. The van der Waals surface area contributed by atoms with Gasteiger partial charge in [-0.1, -0.05) is 44.2 Å². The molecular weight excluding hydrogens is 286 g/mol. The number of imidazole rings is 1. The van der Waals surface area contributed by atoms with Gasteiger partial charge in [0.15, 0.2) is 11.5 Å². The Morgan fingerprint density at radius 1 is 1.24 bits per heavy atom. The summed E-state index contributed by atoms with van der Waals surface area (Å²) in [6, 6.07) is 10.1. The Hall–Kier alpha value is -2.14. The van der Waals surface area contributed by atoms with Crippen LogP contribution < -0.4 is 5.32 Å². The number of fused-ring (bicyclic) bond motifs is 1. The van der Waals surface area contributed by atoms with Gasteiger partial charge in [-0.25, -0.2) is 9.50 Å². The molecule has 0 bridgehead atoms. The molecule has 0 atom stereocenters. The molecule has 0 radical (unpaired) electrons. The molecular formula is C15H16ClN5. The van der Waals surface area contributed by atoms with Crippen molar-refractivity contribution < 1.29 is 0 Å². The SMILES string of the molecule is CC(C)c1cnc2c(NCc3ccccc3)nc(Cl)nn12. The number of hydrogen-bond acceptors (Lipinski definition) is 4. The van der Waals surface area contributed by atoms with E-state index in [0.717, 1.165) is 5.69 Å². The lowest BCUT2D eigenvalue weighted by Crippen LogP contribution is -2.08. The zero-order valence-corrected chi connectivity index (χ0v) is 12.7. The Kier molecular flexibility index (Phi) is 3.75. The van der Waals surface area contributed by atoms with E-state index in [9.17, 15) is 0 Å². The van der Waals surface area contributed by atoms with E-state index in [1.807, 2.05) is 24.4 Å². The molecule has 3 rings (SSSR count). The fourth-order valence-electron chi connectivity index (χ4n) is 2.17. The lowest BCUT2D eigenvalue weighted by atomic mass is 10.2. The van der Waals surface area contributed by atoms with Gasteiger partial charge < -0.3 is 5.32 Å². The van der Waals surface area contributed by atoms with E-state index in [1.54, 1.807) is 4.52 Å². The zero-order chi connectivity index (χ0) is 14.8. The molecule has 2 heterocycles. The number of aromatic nitrogens is 4. The topological polar surface area (TPSA) is 55.1 Å². The molecule has 1 aromatic carbocycles. The Bertz CT molecular complexity index is 751. The summed E-state index contributed by atoms with van der Waals surface area (Å²) in [6.07, 6.45) is 1.82. The van der Waals surface area contributed by atoms with Crippen molar-refractivity contribution in [3.63, 3.8) is 0 Å². The third-order valence-electron chi connectivity index (χ3n) is 3.26. The average molecular weight is 302 g/mol. The van der Waals surface area contributed by atoms with Gasteiger partial charge in [-0.15, -0.1) is 5.10 Å². The first-order chi connectivity index (χ1) is 10.1. The maximum atomic E-state index is 6.03. The van der Waals surface area contributed by atoms with Crippen LogP contribution in [0.1, 0.15) is 31.0 Å². The van der Waals surface area contributed by atoms with E-state index < -0.39 is 0 Å². The van der Waals surface area contributed by atoms with Crippen LogP contribution >= 0.6 is 11.6 Å². The lowest BCUT2D eigenvalue weighted by molar-refractivity contribution is 0.751. The van der Waals surface area contributed by atoms with Crippen molar-refractivity contribution in [1.82, 2.24) is 19.6 Å². The largest absolute Gasteiger partial charge is 0.363 e. The van der Waals surface area contributed by atoms with Crippen molar-refractivity contribution >= 4 is 23.1 Å². The molecule has 0 spiro atoms. The van der Waals surface area contributed by atoms with Crippen molar-refractivity contribution in [3.8, 4) is 0 Å². The molecule has 108 valence electrons. The highest BCUT2D eigenvalue weighted by Gasteiger charge is 2.14. The second-order valence-corrected chi connectivity index (χ2v) is 5.48. The van der Waals surface area contributed by atoms with Crippen molar-refractivity contribution in [2.24, 2.45) is 0 Å². The zero-order valence-electron chi connectivity index (χ0n) is 11.9. The minimum atomic E-state index is 0.206. The standard InChI is InChI=1S/C15H16ClN5/c1-10(2)12-9-18-14-13(19-15(16)20-21(12)14)17-8-11-6-4-3-5-7-11/h3-7,9-10H,8H2,1-2H3,(H,17,19,20). The van der Waals surface area contributed by atoms with Crippen LogP contribution in [-0.4, -0.2) is 19.6 Å². The summed E-state index contributed by atoms with van der Waals surface area (Å²) in [6.45, 7) is 4.85. The maximum Gasteiger partial charge on any atom is 0.243 e. The van der Waals surface area contributed by atoms with E-state index in [1.165, 1.54) is 5.56 Å². The summed E-state index contributed by atoms with van der Waals surface area (Å²) in [5.41, 5.74) is 2.87. The highest BCUT2D eigenvalue weighted by atomic mass is 35.5. The highest BCUT2D eigenvalue weighted by Crippen LogP contribution is 2.21. The lowest BCUT2D eigenvalue weighted by Gasteiger charge is -2.09. The molecule has 6 heteroatoms. The van der Waals surface area contributed by atoms with Gasteiger partial charge in [0.25, 0.3) is 0 Å². The second-order valence-electron chi connectivity index (χ2n) is 5.14. The van der Waals surface area contributed by atoms with Gasteiger partial charge >= 0.3 is 0 Å². The van der Waals surface area contributed by atoms with Crippen LogP contribution in [0.4, 0.5) is 5.82 Å². The van der Waals surface area contributed by atoms with Gasteiger partial charge in [0.2, 0.25) is 5.28 Å². The van der Waals surface area contributed by atoms with Crippen LogP contribution in [0.25, 0.3) is 5.65 Å². The average Bonchev–Trinajstić information content (AvgIpc) is 2.89. The molecule has 0 saturated carbocycles. The number of hydrogen-bond donors (Lipinski definition) is 1. The van der Waals surface area contributed by atoms with E-state index in [-0.39, 0.29) is 5.28 Å². The van der Waals surface area contributed by atoms with Gasteiger partial charge in [0.1, 0.15) is 0 Å². The van der Waals surface area contributed by atoms with Gasteiger partial charge in [0.05, 0.1) is 11.9 Å². The molecule has 0 unspecified atom stereocenters. The predicted octanol–water partition coefficient (Wildman–Crippen LogP) is 3.51. The fourth-order valence-corrected chi connectivity index (χ4v) is 2.33. The third-order valence-corrected chi connectivity index (χ3v) is 3.42. The molecule has 5 nitrogen and oxygen atoms in total. The molecule has 1 N–H and O–H groups in total. The molecule has 0 fully saturated rings.